The smallest absolute Gasteiger partial charge is 0.233 e. The van der Waals surface area contributed by atoms with Crippen molar-refractivity contribution in [1.82, 2.24) is 15.0 Å². The molecule has 8 heteroatoms. The number of aromatic nitrogens is 3. The van der Waals surface area contributed by atoms with Gasteiger partial charge in [0.1, 0.15) is 0 Å². The van der Waals surface area contributed by atoms with Crippen LogP contribution in [0.2, 0.25) is 5.02 Å². The van der Waals surface area contributed by atoms with Crippen molar-refractivity contribution < 1.29 is 4.74 Å². The third kappa shape index (κ3) is 4.49. The molecule has 1 aliphatic rings. The number of anilines is 5. The van der Waals surface area contributed by atoms with Gasteiger partial charge in [0.15, 0.2) is 0 Å². The molecule has 2 N–H and O–H groups in total. The first-order valence-corrected chi connectivity index (χ1v) is 9.49. The second kappa shape index (κ2) is 8.41. The number of nitrogens with zero attached hydrogens (tertiary/aromatic N) is 4. The third-order valence-electron chi connectivity index (χ3n) is 4.38. The summed E-state index contributed by atoms with van der Waals surface area (Å²) in [5.41, 5.74) is 2.75. The first-order chi connectivity index (χ1) is 13.7. The molecule has 4 rings (SSSR count). The zero-order chi connectivity index (χ0) is 19.3. The van der Waals surface area contributed by atoms with Crippen LogP contribution in [0.4, 0.5) is 29.2 Å². The number of para-hydroxylation sites is 1. The predicted octanol–water partition coefficient (Wildman–Crippen LogP) is 4.16. The summed E-state index contributed by atoms with van der Waals surface area (Å²) in [6.45, 7) is 4.76. The minimum Gasteiger partial charge on any atom is -0.378 e. The summed E-state index contributed by atoms with van der Waals surface area (Å²) in [6, 6.07) is 15.6. The summed E-state index contributed by atoms with van der Waals surface area (Å²) >= 11 is 6.24. The molecular formula is C20H21ClN6O. The Balaban J connectivity index is 1.65. The molecule has 0 atom stereocenters. The van der Waals surface area contributed by atoms with Crippen molar-refractivity contribution in [2.24, 2.45) is 0 Å². The largest absolute Gasteiger partial charge is 0.378 e. The lowest BCUT2D eigenvalue weighted by molar-refractivity contribution is 0.122. The van der Waals surface area contributed by atoms with Crippen LogP contribution in [0.5, 0.6) is 0 Å². The number of morpholine rings is 1. The van der Waals surface area contributed by atoms with Crippen molar-refractivity contribution in [2.45, 2.75) is 6.92 Å². The van der Waals surface area contributed by atoms with E-state index in [0.29, 0.717) is 36.1 Å². The summed E-state index contributed by atoms with van der Waals surface area (Å²) in [6.07, 6.45) is 0. The Bertz CT molecular complexity index is 947. The molecule has 7 nitrogen and oxygen atoms in total. The maximum atomic E-state index is 6.24. The standard InChI is InChI=1S/C20H21ClN6O/c1-14-7-8-16(13-17(14)21)23-19-24-18(22-15-5-3-2-4-6-15)25-20(26-19)27-9-11-28-12-10-27/h2-8,13H,9-12H2,1H3,(H2,22,23,24,25,26). The Labute approximate surface area is 168 Å². The molecule has 0 amide bonds. The van der Waals surface area contributed by atoms with E-state index in [1.165, 1.54) is 0 Å². The Morgan fingerprint density at radius 1 is 0.893 bits per heavy atom. The monoisotopic (exact) mass is 396 g/mol. The van der Waals surface area contributed by atoms with Crippen molar-refractivity contribution in [2.75, 3.05) is 41.8 Å². The molecule has 3 aromatic rings. The molecule has 2 aromatic carbocycles. The number of nitrogens with one attached hydrogen (secondary N) is 2. The highest BCUT2D eigenvalue weighted by molar-refractivity contribution is 6.31. The lowest BCUT2D eigenvalue weighted by Crippen LogP contribution is -2.37. The van der Waals surface area contributed by atoms with Crippen LogP contribution in [0.1, 0.15) is 5.56 Å². The second-order valence-corrected chi connectivity index (χ2v) is 6.87. The first-order valence-electron chi connectivity index (χ1n) is 9.11. The van der Waals surface area contributed by atoms with Gasteiger partial charge in [0.05, 0.1) is 13.2 Å². The summed E-state index contributed by atoms with van der Waals surface area (Å²) in [5.74, 6) is 1.54. The first kappa shape index (κ1) is 18.5. The van der Waals surface area contributed by atoms with Gasteiger partial charge in [-0.15, -0.1) is 0 Å². The molecule has 1 saturated heterocycles. The van der Waals surface area contributed by atoms with Crippen LogP contribution >= 0.6 is 11.6 Å². The maximum absolute atomic E-state index is 6.24. The van der Waals surface area contributed by atoms with Crippen LogP contribution in [0.25, 0.3) is 0 Å². The topological polar surface area (TPSA) is 75.2 Å². The van der Waals surface area contributed by atoms with Crippen molar-refractivity contribution in [3.8, 4) is 0 Å². The highest BCUT2D eigenvalue weighted by Gasteiger charge is 2.17. The number of hydrogen-bond donors (Lipinski definition) is 2. The van der Waals surface area contributed by atoms with E-state index in [-0.39, 0.29) is 0 Å². The fourth-order valence-corrected chi connectivity index (χ4v) is 3.01. The van der Waals surface area contributed by atoms with Crippen LogP contribution in [0.3, 0.4) is 0 Å². The number of hydrogen-bond acceptors (Lipinski definition) is 7. The van der Waals surface area contributed by atoms with E-state index in [1.54, 1.807) is 0 Å². The van der Waals surface area contributed by atoms with E-state index < -0.39 is 0 Å². The molecule has 0 bridgehead atoms. The van der Waals surface area contributed by atoms with E-state index in [0.717, 1.165) is 30.0 Å². The molecule has 1 aromatic heterocycles. The minimum absolute atomic E-state index is 0.454. The van der Waals surface area contributed by atoms with Gasteiger partial charge in [0.25, 0.3) is 0 Å². The van der Waals surface area contributed by atoms with Crippen LogP contribution in [0, 0.1) is 6.92 Å². The number of aryl methyl sites for hydroxylation is 1. The average molecular weight is 397 g/mol. The molecule has 0 unspecified atom stereocenters. The zero-order valence-electron chi connectivity index (χ0n) is 15.5. The summed E-state index contributed by atoms with van der Waals surface area (Å²) in [5, 5.41) is 7.17. The molecule has 144 valence electrons. The Morgan fingerprint density at radius 3 is 2.25 bits per heavy atom. The van der Waals surface area contributed by atoms with Crippen LogP contribution in [-0.4, -0.2) is 41.3 Å². The van der Waals surface area contributed by atoms with E-state index >= 15 is 0 Å². The third-order valence-corrected chi connectivity index (χ3v) is 4.78. The molecular weight excluding hydrogens is 376 g/mol. The Kier molecular flexibility index (Phi) is 5.55. The van der Waals surface area contributed by atoms with Crippen LogP contribution in [-0.2, 0) is 4.74 Å². The molecule has 1 fully saturated rings. The predicted molar refractivity (Wildman–Crippen MR) is 112 cm³/mol. The number of benzene rings is 2. The highest BCUT2D eigenvalue weighted by Crippen LogP contribution is 2.24. The lowest BCUT2D eigenvalue weighted by atomic mass is 10.2. The summed E-state index contributed by atoms with van der Waals surface area (Å²) in [7, 11) is 0. The van der Waals surface area contributed by atoms with Crippen LogP contribution in [0.15, 0.2) is 48.5 Å². The van der Waals surface area contributed by atoms with Gasteiger partial charge in [-0.1, -0.05) is 35.9 Å². The normalized spacial score (nSPS) is 14.0. The van der Waals surface area contributed by atoms with Crippen molar-refractivity contribution in [3.05, 3.63) is 59.1 Å². The van der Waals surface area contributed by atoms with Crippen molar-refractivity contribution >= 4 is 40.8 Å². The van der Waals surface area contributed by atoms with Crippen molar-refractivity contribution in [3.63, 3.8) is 0 Å². The lowest BCUT2D eigenvalue weighted by Gasteiger charge is -2.27. The number of ether oxygens (including phenoxy) is 1. The van der Waals surface area contributed by atoms with Crippen LogP contribution < -0.4 is 15.5 Å². The van der Waals surface area contributed by atoms with Gasteiger partial charge in [-0.2, -0.15) is 15.0 Å². The zero-order valence-corrected chi connectivity index (χ0v) is 16.3. The quantitative estimate of drug-likeness (QED) is 0.670. The fourth-order valence-electron chi connectivity index (χ4n) is 2.83. The molecule has 28 heavy (non-hydrogen) atoms. The summed E-state index contributed by atoms with van der Waals surface area (Å²) < 4.78 is 5.44. The number of rotatable bonds is 5. The molecule has 0 aliphatic carbocycles. The molecule has 1 aliphatic heterocycles. The van der Waals surface area contributed by atoms with Gasteiger partial charge >= 0.3 is 0 Å². The Morgan fingerprint density at radius 2 is 1.57 bits per heavy atom. The molecule has 0 saturated carbocycles. The van der Waals surface area contributed by atoms with E-state index in [9.17, 15) is 0 Å². The molecule has 0 spiro atoms. The Hall–Kier alpha value is -2.90. The van der Waals surface area contributed by atoms with Gasteiger partial charge in [0.2, 0.25) is 17.8 Å². The SMILES string of the molecule is Cc1ccc(Nc2nc(Nc3ccccc3)nc(N3CCOCC3)n2)cc1Cl. The van der Waals surface area contributed by atoms with Gasteiger partial charge in [-0.05, 0) is 36.8 Å². The minimum atomic E-state index is 0.454. The van der Waals surface area contributed by atoms with Gasteiger partial charge in [0, 0.05) is 29.5 Å². The van der Waals surface area contributed by atoms with E-state index in [1.807, 2.05) is 55.5 Å². The number of halogens is 1. The van der Waals surface area contributed by atoms with Gasteiger partial charge in [-0.25, -0.2) is 0 Å². The van der Waals surface area contributed by atoms with Gasteiger partial charge < -0.3 is 20.3 Å². The average Bonchev–Trinajstić information content (AvgIpc) is 2.72. The van der Waals surface area contributed by atoms with Gasteiger partial charge in [-0.3, -0.25) is 0 Å². The fraction of sp³-hybridized carbons (Fsp3) is 0.250. The maximum Gasteiger partial charge on any atom is 0.233 e. The van der Waals surface area contributed by atoms with Crippen molar-refractivity contribution in [1.29, 1.82) is 0 Å². The molecule has 2 heterocycles. The molecule has 0 radical (unpaired) electrons. The highest BCUT2D eigenvalue weighted by atomic mass is 35.5. The summed E-state index contributed by atoms with van der Waals surface area (Å²) in [4.78, 5) is 15.8. The van der Waals surface area contributed by atoms with E-state index in [4.69, 9.17) is 16.3 Å². The van der Waals surface area contributed by atoms with E-state index in [2.05, 4.69) is 30.5 Å². The second-order valence-electron chi connectivity index (χ2n) is 6.46.